The number of nitrogen functional groups attached to an aromatic ring is 1. The fourth-order valence-electron chi connectivity index (χ4n) is 1.43. The van der Waals surface area contributed by atoms with E-state index in [0.29, 0.717) is 23.5 Å². The number of allylic oxidation sites excluding steroid dienone is 1. The molecule has 3 N–H and O–H groups in total. The largest absolute Gasteiger partial charge is 0.496 e. The Labute approximate surface area is 101 Å². The molecule has 1 aromatic rings. The minimum absolute atomic E-state index is 0.168. The molecule has 0 aliphatic heterocycles. The monoisotopic (exact) mass is 234 g/mol. The topological polar surface area (TPSA) is 64.4 Å². The SMILES string of the molecule is C/C=C/CCNC(=O)c1cc(N)ccc1OC. The number of nitrogens with two attached hydrogens (primary N) is 1. The number of rotatable bonds is 5. The molecule has 0 bridgehead atoms. The van der Waals surface area contributed by atoms with Crippen molar-refractivity contribution in [3.63, 3.8) is 0 Å². The number of anilines is 1. The Balaban J connectivity index is 2.70. The zero-order valence-corrected chi connectivity index (χ0v) is 10.2. The van der Waals surface area contributed by atoms with Crippen LogP contribution in [-0.4, -0.2) is 19.6 Å². The Morgan fingerprint density at radius 1 is 1.53 bits per heavy atom. The van der Waals surface area contributed by atoms with Crippen LogP contribution >= 0.6 is 0 Å². The first-order valence-corrected chi connectivity index (χ1v) is 5.52. The molecular weight excluding hydrogens is 216 g/mol. The lowest BCUT2D eigenvalue weighted by Crippen LogP contribution is -2.24. The number of hydrogen-bond donors (Lipinski definition) is 2. The van der Waals surface area contributed by atoms with Crippen molar-refractivity contribution in [1.82, 2.24) is 5.32 Å². The Morgan fingerprint density at radius 2 is 2.29 bits per heavy atom. The van der Waals surface area contributed by atoms with Gasteiger partial charge in [-0.25, -0.2) is 0 Å². The van der Waals surface area contributed by atoms with Crippen LogP contribution in [0.2, 0.25) is 0 Å². The number of nitrogens with one attached hydrogen (secondary N) is 1. The van der Waals surface area contributed by atoms with Crippen LogP contribution in [0.1, 0.15) is 23.7 Å². The van der Waals surface area contributed by atoms with E-state index in [1.807, 2.05) is 19.1 Å². The summed E-state index contributed by atoms with van der Waals surface area (Å²) in [5.74, 6) is 0.362. The number of ether oxygens (including phenoxy) is 1. The standard InChI is InChI=1S/C13H18N2O2/c1-3-4-5-8-15-13(16)11-9-10(14)6-7-12(11)17-2/h3-4,6-7,9H,5,8,14H2,1-2H3,(H,15,16)/b4-3+. The van der Waals surface area contributed by atoms with E-state index in [4.69, 9.17) is 10.5 Å². The summed E-state index contributed by atoms with van der Waals surface area (Å²) in [5, 5.41) is 2.81. The van der Waals surface area contributed by atoms with Crippen LogP contribution in [0.3, 0.4) is 0 Å². The van der Waals surface area contributed by atoms with Gasteiger partial charge in [-0.3, -0.25) is 4.79 Å². The molecule has 0 spiro atoms. The highest BCUT2D eigenvalue weighted by molar-refractivity contribution is 5.97. The van der Waals surface area contributed by atoms with Crippen molar-refractivity contribution >= 4 is 11.6 Å². The number of carbonyl (C=O) groups is 1. The predicted molar refractivity (Wildman–Crippen MR) is 69.2 cm³/mol. The Kier molecular flexibility index (Phi) is 5.07. The molecule has 0 heterocycles. The van der Waals surface area contributed by atoms with Crippen molar-refractivity contribution in [2.45, 2.75) is 13.3 Å². The molecule has 4 heteroatoms. The van der Waals surface area contributed by atoms with Crippen LogP contribution in [0.25, 0.3) is 0 Å². The van der Waals surface area contributed by atoms with E-state index in [-0.39, 0.29) is 5.91 Å². The molecule has 0 radical (unpaired) electrons. The summed E-state index contributed by atoms with van der Waals surface area (Å²) < 4.78 is 5.12. The number of amides is 1. The third-order valence-corrected chi connectivity index (χ3v) is 2.30. The molecule has 1 amide bonds. The molecular formula is C13H18N2O2. The summed E-state index contributed by atoms with van der Waals surface area (Å²) in [5.41, 5.74) is 6.66. The molecule has 0 atom stereocenters. The van der Waals surface area contributed by atoms with Crippen molar-refractivity contribution in [1.29, 1.82) is 0 Å². The average molecular weight is 234 g/mol. The lowest BCUT2D eigenvalue weighted by molar-refractivity contribution is 0.0951. The number of hydrogen-bond acceptors (Lipinski definition) is 3. The van der Waals surface area contributed by atoms with Gasteiger partial charge in [0, 0.05) is 12.2 Å². The number of methoxy groups -OCH3 is 1. The van der Waals surface area contributed by atoms with Gasteiger partial charge in [-0.05, 0) is 31.5 Å². The van der Waals surface area contributed by atoms with E-state index in [1.165, 1.54) is 7.11 Å². The summed E-state index contributed by atoms with van der Waals surface area (Å²) in [6, 6.07) is 5.01. The van der Waals surface area contributed by atoms with E-state index in [1.54, 1.807) is 18.2 Å². The third kappa shape index (κ3) is 3.83. The maximum absolute atomic E-state index is 11.9. The normalized spacial score (nSPS) is 10.5. The Hall–Kier alpha value is -1.97. The maximum atomic E-state index is 11.9. The first kappa shape index (κ1) is 13.1. The van der Waals surface area contributed by atoms with Crippen molar-refractivity contribution in [2.24, 2.45) is 0 Å². The minimum atomic E-state index is -0.168. The van der Waals surface area contributed by atoms with Crippen LogP contribution in [-0.2, 0) is 0 Å². The fraction of sp³-hybridized carbons (Fsp3) is 0.308. The smallest absolute Gasteiger partial charge is 0.255 e. The van der Waals surface area contributed by atoms with Gasteiger partial charge in [0.1, 0.15) is 5.75 Å². The van der Waals surface area contributed by atoms with Gasteiger partial charge in [0.2, 0.25) is 0 Å². The summed E-state index contributed by atoms with van der Waals surface area (Å²) in [6.45, 7) is 2.55. The highest BCUT2D eigenvalue weighted by Crippen LogP contribution is 2.20. The zero-order chi connectivity index (χ0) is 12.7. The molecule has 1 aromatic carbocycles. The van der Waals surface area contributed by atoms with E-state index in [9.17, 15) is 4.79 Å². The molecule has 4 nitrogen and oxygen atoms in total. The quantitative estimate of drug-likeness (QED) is 0.465. The zero-order valence-electron chi connectivity index (χ0n) is 10.2. The molecule has 0 aliphatic rings. The fourth-order valence-corrected chi connectivity index (χ4v) is 1.43. The van der Waals surface area contributed by atoms with Crippen molar-refractivity contribution in [3.05, 3.63) is 35.9 Å². The molecule has 0 aliphatic carbocycles. The maximum Gasteiger partial charge on any atom is 0.255 e. The third-order valence-electron chi connectivity index (χ3n) is 2.30. The van der Waals surface area contributed by atoms with Crippen molar-refractivity contribution in [2.75, 3.05) is 19.4 Å². The Morgan fingerprint density at radius 3 is 2.94 bits per heavy atom. The molecule has 92 valence electrons. The highest BCUT2D eigenvalue weighted by Gasteiger charge is 2.11. The Bertz CT molecular complexity index is 414. The lowest BCUT2D eigenvalue weighted by atomic mass is 10.1. The minimum Gasteiger partial charge on any atom is -0.496 e. The molecule has 1 rings (SSSR count). The van der Waals surface area contributed by atoms with Gasteiger partial charge in [0.25, 0.3) is 5.91 Å². The predicted octanol–water partition coefficient (Wildman–Crippen LogP) is 1.97. The first-order valence-electron chi connectivity index (χ1n) is 5.52. The second-order valence-electron chi connectivity index (χ2n) is 3.57. The van der Waals surface area contributed by atoms with Crippen LogP contribution in [0.4, 0.5) is 5.69 Å². The summed E-state index contributed by atoms with van der Waals surface area (Å²) in [4.78, 5) is 11.9. The van der Waals surface area contributed by atoms with Gasteiger partial charge >= 0.3 is 0 Å². The summed E-state index contributed by atoms with van der Waals surface area (Å²) in [7, 11) is 1.53. The summed E-state index contributed by atoms with van der Waals surface area (Å²) in [6.07, 6.45) is 4.76. The number of benzene rings is 1. The average Bonchev–Trinajstić information content (AvgIpc) is 2.34. The first-order chi connectivity index (χ1) is 8.19. The van der Waals surface area contributed by atoms with Crippen LogP contribution < -0.4 is 15.8 Å². The lowest BCUT2D eigenvalue weighted by Gasteiger charge is -2.09. The molecule has 0 aromatic heterocycles. The molecule has 0 saturated heterocycles. The van der Waals surface area contributed by atoms with Gasteiger partial charge in [0.05, 0.1) is 12.7 Å². The number of carbonyl (C=O) groups excluding carboxylic acids is 1. The van der Waals surface area contributed by atoms with Gasteiger partial charge in [-0.1, -0.05) is 12.2 Å². The second-order valence-corrected chi connectivity index (χ2v) is 3.57. The summed E-state index contributed by atoms with van der Waals surface area (Å²) >= 11 is 0. The molecule has 0 saturated carbocycles. The van der Waals surface area contributed by atoms with Gasteiger partial charge in [-0.2, -0.15) is 0 Å². The van der Waals surface area contributed by atoms with E-state index >= 15 is 0 Å². The van der Waals surface area contributed by atoms with Crippen molar-refractivity contribution in [3.8, 4) is 5.75 Å². The molecule has 0 fully saturated rings. The van der Waals surface area contributed by atoms with E-state index in [0.717, 1.165) is 6.42 Å². The molecule has 0 unspecified atom stereocenters. The van der Waals surface area contributed by atoms with E-state index < -0.39 is 0 Å². The van der Waals surface area contributed by atoms with Crippen LogP contribution in [0.15, 0.2) is 30.4 Å². The van der Waals surface area contributed by atoms with Gasteiger partial charge < -0.3 is 15.8 Å². The van der Waals surface area contributed by atoms with E-state index in [2.05, 4.69) is 5.32 Å². The van der Waals surface area contributed by atoms with Gasteiger partial charge in [0.15, 0.2) is 0 Å². The highest BCUT2D eigenvalue weighted by atomic mass is 16.5. The van der Waals surface area contributed by atoms with Crippen molar-refractivity contribution < 1.29 is 9.53 Å². The van der Waals surface area contributed by atoms with Gasteiger partial charge in [-0.15, -0.1) is 0 Å². The second kappa shape index (κ2) is 6.58. The molecule has 17 heavy (non-hydrogen) atoms. The van der Waals surface area contributed by atoms with Crippen LogP contribution in [0.5, 0.6) is 5.75 Å². The van der Waals surface area contributed by atoms with Crippen LogP contribution in [0, 0.1) is 0 Å².